The van der Waals surface area contributed by atoms with E-state index in [1.54, 1.807) is 32.0 Å². The van der Waals surface area contributed by atoms with Gasteiger partial charge in [-0.1, -0.05) is 43.6 Å². The number of amides is 1. The summed E-state index contributed by atoms with van der Waals surface area (Å²) >= 11 is 6.50. The minimum atomic E-state index is -0.856. The Kier molecular flexibility index (Phi) is 5.86. The molecule has 2 aliphatic rings. The number of carbonyl (C=O) groups is 1. The number of nitrogens with one attached hydrogen (secondary N) is 2. The second-order valence-electron chi connectivity index (χ2n) is 10.3. The lowest BCUT2D eigenvalue weighted by molar-refractivity contribution is 0.0932. The topological polar surface area (TPSA) is 103 Å². The number of hydrogen-bond donors (Lipinski definition) is 2. The van der Waals surface area contributed by atoms with Gasteiger partial charge in [0.2, 0.25) is 11.8 Å². The maximum Gasteiger partial charge on any atom is 0.268 e. The van der Waals surface area contributed by atoms with Crippen molar-refractivity contribution >= 4 is 34.8 Å². The van der Waals surface area contributed by atoms with E-state index in [4.69, 9.17) is 16.3 Å². The highest BCUT2D eigenvalue weighted by atomic mass is 35.5. The van der Waals surface area contributed by atoms with E-state index in [-0.39, 0.29) is 29.5 Å². The molecule has 2 aliphatic heterocycles. The van der Waals surface area contributed by atoms with Crippen molar-refractivity contribution in [3.8, 4) is 11.9 Å². The summed E-state index contributed by atoms with van der Waals surface area (Å²) in [5.74, 6) is 0.192. The summed E-state index contributed by atoms with van der Waals surface area (Å²) in [4.78, 5) is 23.7. The Morgan fingerprint density at radius 3 is 2.86 bits per heavy atom. The van der Waals surface area contributed by atoms with Crippen molar-refractivity contribution in [3.63, 3.8) is 0 Å². The molecule has 2 N–H and O–H groups in total. The third-order valence-electron chi connectivity index (χ3n) is 6.74. The molecular formula is C27H27ClN6O2. The van der Waals surface area contributed by atoms with Crippen LogP contribution < -0.4 is 20.3 Å². The van der Waals surface area contributed by atoms with E-state index in [0.29, 0.717) is 22.2 Å². The van der Waals surface area contributed by atoms with Gasteiger partial charge in [-0.15, -0.1) is 0 Å². The molecular weight excluding hydrogens is 476 g/mol. The van der Waals surface area contributed by atoms with Crippen molar-refractivity contribution in [2.24, 2.45) is 0 Å². The molecule has 9 heteroatoms. The number of fused-ring (bicyclic) bond motifs is 2. The summed E-state index contributed by atoms with van der Waals surface area (Å²) in [6.45, 7) is 9.67. The predicted molar refractivity (Wildman–Crippen MR) is 139 cm³/mol. The van der Waals surface area contributed by atoms with Crippen LogP contribution in [0.2, 0.25) is 5.02 Å². The number of ether oxygens (including phenoxy) is 1. The highest BCUT2D eigenvalue weighted by molar-refractivity contribution is 6.34. The van der Waals surface area contributed by atoms with Crippen molar-refractivity contribution < 1.29 is 9.53 Å². The lowest BCUT2D eigenvalue weighted by Gasteiger charge is -2.33. The van der Waals surface area contributed by atoms with E-state index >= 15 is 0 Å². The summed E-state index contributed by atoms with van der Waals surface area (Å²) < 4.78 is 5.88. The van der Waals surface area contributed by atoms with Gasteiger partial charge in [-0.25, -0.2) is 4.98 Å². The summed E-state index contributed by atoms with van der Waals surface area (Å²) in [5.41, 5.74) is 3.94. The van der Waals surface area contributed by atoms with Gasteiger partial charge in [-0.2, -0.15) is 10.2 Å². The predicted octanol–water partition coefficient (Wildman–Crippen LogP) is 5.05. The van der Waals surface area contributed by atoms with Gasteiger partial charge in [-0.3, -0.25) is 9.69 Å². The second kappa shape index (κ2) is 8.77. The highest BCUT2D eigenvalue weighted by Crippen LogP contribution is 2.40. The number of rotatable bonds is 4. The largest absolute Gasteiger partial charge is 0.455 e. The molecule has 8 nitrogen and oxygen atoms in total. The molecule has 0 unspecified atom stereocenters. The van der Waals surface area contributed by atoms with Gasteiger partial charge in [-0.05, 0) is 48.7 Å². The Morgan fingerprint density at radius 1 is 1.28 bits per heavy atom. The molecule has 1 aromatic heterocycles. The number of anilines is 3. The van der Waals surface area contributed by atoms with Crippen LogP contribution in [-0.2, 0) is 17.4 Å². The summed E-state index contributed by atoms with van der Waals surface area (Å²) in [6.07, 6.45) is 1.45. The van der Waals surface area contributed by atoms with Crippen molar-refractivity contribution in [1.29, 1.82) is 5.26 Å². The molecule has 3 heterocycles. The number of halogens is 1. The molecule has 0 saturated carbocycles. The van der Waals surface area contributed by atoms with Crippen molar-refractivity contribution in [2.75, 3.05) is 23.5 Å². The first kappa shape index (κ1) is 24.0. The fourth-order valence-electron chi connectivity index (χ4n) is 4.75. The molecule has 0 radical (unpaired) electrons. The van der Waals surface area contributed by atoms with E-state index < -0.39 is 5.41 Å². The lowest BCUT2D eigenvalue weighted by atomic mass is 9.79. The Hall–Kier alpha value is -3.67. The SMILES string of the molecule is CC(C)(C#N)c1cccc(Cl)c1N1COc2nc(Nc3ccc4c(c3)CNCC4(C)C)ncc2C1=O. The molecule has 2 aromatic carbocycles. The fraction of sp³-hybridized carbons (Fsp3) is 0.333. The van der Waals surface area contributed by atoms with Crippen molar-refractivity contribution in [3.05, 3.63) is 69.9 Å². The molecule has 0 saturated heterocycles. The maximum absolute atomic E-state index is 13.4. The Balaban J connectivity index is 1.42. The number of aromatic nitrogens is 2. The smallest absolute Gasteiger partial charge is 0.268 e. The first-order valence-corrected chi connectivity index (χ1v) is 12.1. The zero-order chi connectivity index (χ0) is 25.7. The quantitative estimate of drug-likeness (QED) is 0.514. The number of benzene rings is 2. The fourth-order valence-corrected chi connectivity index (χ4v) is 5.02. The van der Waals surface area contributed by atoms with Crippen LogP contribution in [-0.4, -0.2) is 29.2 Å². The van der Waals surface area contributed by atoms with Gasteiger partial charge in [0, 0.05) is 30.4 Å². The van der Waals surface area contributed by atoms with Crippen LogP contribution in [0.3, 0.4) is 0 Å². The van der Waals surface area contributed by atoms with Crippen LogP contribution in [0.5, 0.6) is 5.88 Å². The zero-order valence-corrected chi connectivity index (χ0v) is 21.4. The van der Waals surface area contributed by atoms with Crippen LogP contribution in [0.1, 0.15) is 54.7 Å². The molecule has 36 heavy (non-hydrogen) atoms. The molecule has 3 aromatic rings. The number of nitrogens with zero attached hydrogens (tertiary/aromatic N) is 4. The van der Waals surface area contributed by atoms with E-state index in [1.807, 2.05) is 6.07 Å². The Morgan fingerprint density at radius 2 is 2.08 bits per heavy atom. The van der Waals surface area contributed by atoms with Crippen LogP contribution in [0, 0.1) is 11.3 Å². The molecule has 0 bridgehead atoms. The van der Waals surface area contributed by atoms with Gasteiger partial charge >= 0.3 is 0 Å². The lowest BCUT2D eigenvalue weighted by Crippen LogP contribution is -2.40. The molecule has 0 atom stereocenters. The van der Waals surface area contributed by atoms with Crippen molar-refractivity contribution in [2.45, 2.75) is 45.1 Å². The molecule has 0 fully saturated rings. The second-order valence-corrected chi connectivity index (χ2v) is 10.7. The average Bonchev–Trinajstić information content (AvgIpc) is 2.84. The number of nitriles is 1. The Labute approximate surface area is 215 Å². The van der Waals surface area contributed by atoms with E-state index in [1.165, 1.54) is 22.2 Å². The van der Waals surface area contributed by atoms with Crippen LogP contribution in [0.4, 0.5) is 17.3 Å². The van der Waals surface area contributed by atoms with Crippen LogP contribution in [0.15, 0.2) is 42.6 Å². The van der Waals surface area contributed by atoms with Crippen LogP contribution in [0.25, 0.3) is 0 Å². The number of carbonyl (C=O) groups excluding carboxylic acids is 1. The first-order chi connectivity index (χ1) is 17.1. The minimum absolute atomic E-state index is 0.0679. The first-order valence-electron chi connectivity index (χ1n) is 11.7. The number of para-hydroxylation sites is 1. The van der Waals surface area contributed by atoms with Gasteiger partial charge in [0.25, 0.3) is 5.91 Å². The van der Waals surface area contributed by atoms with Gasteiger partial charge < -0.3 is 15.4 Å². The molecule has 184 valence electrons. The zero-order valence-electron chi connectivity index (χ0n) is 20.6. The van der Waals surface area contributed by atoms with Gasteiger partial charge in [0.05, 0.1) is 22.2 Å². The van der Waals surface area contributed by atoms with Crippen molar-refractivity contribution in [1.82, 2.24) is 15.3 Å². The standard InChI is InChI=1S/C27H27ClN6O2/c1-26(2,13-29)20-6-5-7-21(28)22(20)34-15-36-23-18(24(34)35)12-31-25(33-23)32-17-8-9-19-16(10-17)11-30-14-27(19,3)4/h5-10,12,30H,11,14-15H2,1-4H3,(H,31,32,33). The van der Waals surface area contributed by atoms with Gasteiger partial charge in [0.15, 0.2) is 6.73 Å². The van der Waals surface area contributed by atoms with E-state index in [2.05, 4.69) is 52.7 Å². The maximum atomic E-state index is 13.4. The molecule has 0 aliphatic carbocycles. The molecule has 1 amide bonds. The summed E-state index contributed by atoms with van der Waals surface area (Å²) in [5, 5.41) is 16.7. The highest BCUT2D eigenvalue weighted by Gasteiger charge is 2.35. The minimum Gasteiger partial charge on any atom is -0.455 e. The van der Waals surface area contributed by atoms with Gasteiger partial charge in [0.1, 0.15) is 5.56 Å². The monoisotopic (exact) mass is 502 g/mol. The molecule has 5 rings (SSSR count). The van der Waals surface area contributed by atoms with Crippen LogP contribution >= 0.6 is 11.6 Å². The van der Waals surface area contributed by atoms with E-state index in [9.17, 15) is 10.1 Å². The average molecular weight is 503 g/mol. The Bertz CT molecular complexity index is 1410. The summed E-state index contributed by atoms with van der Waals surface area (Å²) in [6, 6.07) is 13.8. The van der Waals surface area contributed by atoms with E-state index in [0.717, 1.165) is 18.8 Å². The third-order valence-corrected chi connectivity index (χ3v) is 7.05. The summed E-state index contributed by atoms with van der Waals surface area (Å²) in [7, 11) is 0. The third kappa shape index (κ3) is 4.15. The normalized spacial score (nSPS) is 16.4. The molecule has 0 spiro atoms. The number of hydrogen-bond acceptors (Lipinski definition) is 7.